The van der Waals surface area contributed by atoms with Gasteiger partial charge in [0.15, 0.2) is 0 Å². The van der Waals surface area contributed by atoms with E-state index in [1.165, 1.54) is 0 Å². The van der Waals surface area contributed by atoms with Crippen molar-refractivity contribution in [1.82, 2.24) is 10.2 Å². The maximum absolute atomic E-state index is 12.9. The van der Waals surface area contributed by atoms with Crippen LogP contribution in [0.5, 0.6) is 0 Å². The van der Waals surface area contributed by atoms with Crippen molar-refractivity contribution >= 4 is 23.2 Å². The highest BCUT2D eigenvalue weighted by atomic mass is 16.2. The summed E-state index contributed by atoms with van der Waals surface area (Å²) < 4.78 is 0. The lowest BCUT2D eigenvalue weighted by molar-refractivity contribution is -0.133. The van der Waals surface area contributed by atoms with Crippen LogP contribution in [0, 0.1) is 0 Å². The first kappa shape index (κ1) is 16.3. The summed E-state index contributed by atoms with van der Waals surface area (Å²) in [7, 11) is 0. The normalized spacial score (nSPS) is 19.9. The number of hydrogen-bond acceptors (Lipinski definition) is 4. The van der Waals surface area contributed by atoms with Gasteiger partial charge >= 0.3 is 0 Å². The number of hydrogen-bond donors (Lipinski definition) is 1. The number of para-hydroxylation sites is 1. The van der Waals surface area contributed by atoms with Crippen molar-refractivity contribution in [2.75, 3.05) is 24.6 Å². The molecule has 1 fully saturated rings. The number of carbonyl (C=O) groups excluding carboxylic acids is 2. The summed E-state index contributed by atoms with van der Waals surface area (Å²) in [5.41, 5.74) is 2.55. The molecule has 0 aliphatic carbocycles. The number of hydrazone groups is 1. The maximum atomic E-state index is 12.9. The molecule has 2 aromatic carbocycles. The molecule has 1 N–H and O–H groups in total. The van der Waals surface area contributed by atoms with E-state index in [2.05, 4.69) is 22.6 Å². The molecule has 2 amide bonds. The molecule has 26 heavy (non-hydrogen) atoms. The highest BCUT2D eigenvalue weighted by molar-refractivity contribution is 6.40. The van der Waals surface area contributed by atoms with Gasteiger partial charge in [-0.2, -0.15) is 5.10 Å². The van der Waals surface area contributed by atoms with Gasteiger partial charge in [-0.15, -0.1) is 0 Å². The van der Waals surface area contributed by atoms with Crippen molar-refractivity contribution in [3.8, 4) is 0 Å². The Morgan fingerprint density at radius 2 is 1.73 bits per heavy atom. The summed E-state index contributed by atoms with van der Waals surface area (Å²) in [6, 6.07) is 19.9. The summed E-state index contributed by atoms with van der Waals surface area (Å²) in [5.74, 6) is -0.276. The fourth-order valence-corrected chi connectivity index (χ4v) is 3.39. The number of nitrogens with zero attached hydrogens (tertiary/aromatic N) is 3. The Kier molecular flexibility index (Phi) is 4.39. The molecule has 1 saturated heterocycles. The first-order valence-corrected chi connectivity index (χ1v) is 8.75. The molecular weight excluding hydrogens is 328 g/mol. The first-order chi connectivity index (χ1) is 12.7. The molecule has 6 heteroatoms. The molecule has 2 heterocycles. The molecule has 0 aromatic heterocycles. The summed E-state index contributed by atoms with van der Waals surface area (Å²) in [4.78, 5) is 26.1. The van der Waals surface area contributed by atoms with Crippen LogP contribution in [0.25, 0.3) is 0 Å². The quantitative estimate of drug-likeness (QED) is 0.922. The number of anilines is 1. The third-order valence-corrected chi connectivity index (χ3v) is 4.69. The number of nitrogens with one attached hydrogen (secondary N) is 1. The lowest BCUT2D eigenvalue weighted by Gasteiger charge is -2.26. The minimum Gasteiger partial charge on any atom is -0.353 e. The van der Waals surface area contributed by atoms with E-state index in [9.17, 15) is 9.59 Å². The van der Waals surface area contributed by atoms with Crippen LogP contribution in [0.2, 0.25) is 0 Å². The fourth-order valence-electron chi connectivity index (χ4n) is 3.39. The van der Waals surface area contributed by atoms with Gasteiger partial charge in [0.2, 0.25) is 5.91 Å². The van der Waals surface area contributed by atoms with Crippen LogP contribution < -0.4 is 10.3 Å². The maximum Gasteiger partial charge on any atom is 0.270 e. The molecule has 2 aliphatic heterocycles. The lowest BCUT2D eigenvalue weighted by Crippen LogP contribution is -2.51. The second-order valence-electron chi connectivity index (χ2n) is 6.43. The van der Waals surface area contributed by atoms with Gasteiger partial charge in [-0.05, 0) is 17.7 Å². The van der Waals surface area contributed by atoms with Crippen LogP contribution in [0.3, 0.4) is 0 Å². The molecule has 1 atom stereocenters. The smallest absolute Gasteiger partial charge is 0.270 e. The topological polar surface area (TPSA) is 65.0 Å². The minimum absolute atomic E-state index is 0.0313. The second kappa shape index (κ2) is 7.00. The van der Waals surface area contributed by atoms with Gasteiger partial charge in [-0.3, -0.25) is 14.6 Å². The molecule has 2 aromatic rings. The Hall–Kier alpha value is -3.15. The summed E-state index contributed by atoms with van der Waals surface area (Å²) in [6.07, 6.45) is 0.524. The van der Waals surface area contributed by atoms with E-state index >= 15 is 0 Å². The summed E-state index contributed by atoms with van der Waals surface area (Å²) in [6.45, 7) is 1.10. The summed E-state index contributed by atoms with van der Waals surface area (Å²) >= 11 is 0. The van der Waals surface area contributed by atoms with Crippen LogP contribution in [-0.4, -0.2) is 42.1 Å². The SMILES string of the molecule is O=C1CN(C(=O)C2=NN(c3ccccc3)C(c3ccccc3)C2)CCN1. The van der Waals surface area contributed by atoms with Gasteiger partial charge < -0.3 is 10.2 Å². The van der Waals surface area contributed by atoms with Gasteiger partial charge in [0.1, 0.15) is 5.71 Å². The number of rotatable bonds is 3. The van der Waals surface area contributed by atoms with Crippen LogP contribution in [0.15, 0.2) is 65.8 Å². The van der Waals surface area contributed by atoms with E-state index < -0.39 is 0 Å². The lowest BCUT2D eigenvalue weighted by atomic mass is 10.0. The Bertz CT molecular complexity index is 835. The largest absolute Gasteiger partial charge is 0.353 e. The van der Waals surface area contributed by atoms with Crippen molar-refractivity contribution < 1.29 is 9.59 Å². The standard InChI is InChI=1S/C20H20N4O2/c25-19-14-23(12-11-21-19)20(26)17-13-18(15-7-3-1-4-8-15)24(22-17)16-9-5-2-6-10-16/h1-10,18H,11-14H2,(H,21,25). The van der Waals surface area contributed by atoms with Gasteiger partial charge in [0.05, 0.1) is 18.3 Å². The third kappa shape index (κ3) is 3.18. The molecule has 0 saturated carbocycles. The molecule has 0 bridgehead atoms. The second-order valence-corrected chi connectivity index (χ2v) is 6.43. The Morgan fingerprint density at radius 3 is 2.42 bits per heavy atom. The Morgan fingerprint density at radius 1 is 1.04 bits per heavy atom. The van der Waals surface area contributed by atoms with Gasteiger partial charge in [0.25, 0.3) is 5.91 Å². The zero-order chi connectivity index (χ0) is 17.9. The average molecular weight is 348 g/mol. The fraction of sp³-hybridized carbons (Fsp3) is 0.250. The minimum atomic E-state index is -0.154. The average Bonchev–Trinajstić information content (AvgIpc) is 3.14. The van der Waals surface area contributed by atoms with Crippen molar-refractivity contribution in [3.05, 3.63) is 66.2 Å². The van der Waals surface area contributed by atoms with E-state index in [1.807, 2.05) is 53.5 Å². The highest BCUT2D eigenvalue weighted by Crippen LogP contribution is 2.35. The third-order valence-electron chi connectivity index (χ3n) is 4.69. The summed E-state index contributed by atoms with van der Waals surface area (Å²) in [5, 5.41) is 9.30. The van der Waals surface area contributed by atoms with E-state index in [-0.39, 0.29) is 24.4 Å². The van der Waals surface area contributed by atoms with Crippen molar-refractivity contribution in [2.24, 2.45) is 5.10 Å². The molecule has 0 spiro atoms. The molecule has 1 unspecified atom stereocenters. The van der Waals surface area contributed by atoms with Crippen molar-refractivity contribution in [3.63, 3.8) is 0 Å². The van der Waals surface area contributed by atoms with Crippen molar-refractivity contribution in [1.29, 1.82) is 0 Å². The molecule has 0 radical (unpaired) electrons. The van der Waals surface area contributed by atoms with Gasteiger partial charge in [-0.25, -0.2) is 0 Å². The zero-order valence-corrected chi connectivity index (χ0v) is 14.3. The Balaban J connectivity index is 1.64. The molecule has 2 aliphatic rings. The first-order valence-electron chi connectivity index (χ1n) is 8.75. The number of benzene rings is 2. The van der Waals surface area contributed by atoms with Crippen molar-refractivity contribution in [2.45, 2.75) is 12.5 Å². The number of carbonyl (C=O) groups is 2. The molecule has 4 rings (SSSR count). The van der Waals surface area contributed by atoms with E-state index in [1.54, 1.807) is 4.90 Å². The zero-order valence-electron chi connectivity index (χ0n) is 14.3. The van der Waals surface area contributed by atoms with Crippen LogP contribution >= 0.6 is 0 Å². The van der Waals surface area contributed by atoms with E-state index in [4.69, 9.17) is 0 Å². The van der Waals surface area contributed by atoms with E-state index in [0.29, 0.717) is 25.2 Å². The monoisotopic (exact) mass is 348 g/mol. The van der Waals surface area contributed by atoms with Crippen LogP contribution in [-0.2, 0) is 9.59 Å². The highest BCUT2D eigenvalue weighted by Gasteiger charge is 2.35. The van der Waals surface area contributed by atoms with Gasteiger partial charge in [0, 0.05) is 19.5 Å². The molecule has 132 valence electrons. The number of piperazine rings is 1. The predicted octanol–water partition coefficient (Wildman–Crippen LogP) is 1.95. The van der Waals surface area contributed by atoms with Gasteiger partial charge in [-0.1, -0.05) is 48.5 Å². The predicted molar refractivity (Wildman–Crippen MR) is 99.7 cm³/mol. The van der Waals surface area contributed by atoms with Crippen LogP contribution in [0.1, 0.15) is 18.0 Å². The molecular formula is C20H20N4O2. The van der Waals surface area contributed by atoms with Crippen LogP contribution in [0.4, 0.5) is 5.69 Å². The molecule has 6 nitrogen and oxygen atoms in total. The number of amides is 2. The van der Waals surface area contributed by atoms with E-state index in [0.717, 1.165) is 11.3 Å². The Labute approximate surface area is 152 Å².